The van der Waals surface area contributed by atoms with Crippen molar-refractivity contribution in [3.8, 4) is 6.07 Å². The lowest BCUT2D eigenvalue weighted by Crippen LogP contribution is -2.43. The summed E-state index contributed by atoms with van der Waals surface area (Å²) >= 11 is 0. The molecule has 92 valence electrons. The van der Waals surface area contributed by atoms with E-state index >= 15 is 0 Å². The third kappa shape index (κ3) is 3.11. The molecule has 0 N–H and O–H groups in total. The Balaban J connectivity index is 2.75. The number of hydrogen-bond acceptors (Lipinski definition) is 1. The molecule has 1 unspecified atom stereocenters. The Morgan fingerprint density at radius 1 is 1.25 bits per heavy atom. The average Bonchev–Trinajstić information content (AvgIpc) is 2.16. The quantitative estimate of drug-likeness (QED) is 0.678. The average molecular weight is 235 g/mol. The van der Waals surface area contributed by atoms with Gasteiger partial charge in [0.25, 0.3) is 13.1 Å². The van der Waals surface area contributed by atoms with Gasteiger partial charge < -0.3 is 4.90 Å². The number of nitrogens with zero attached hydrogens (tertiary/aromatic N) is 2. The van der Waals surface area contributed by atoms with Gasteiger partial charge >= 0.3 is 6.18 Å². The molecule has 5 heteroatoms. The molecule has 0 radical (unpaired) electrons. The van der Waals surface area contributed by atoms with Crippen molar-refractivity contribution in [2.45, 2.75) is 31.5 Å². The van der Waals surface area contributed by atoms with Crippen molar-refractivity contribution in [3.05, 3.63) is 4.85 Å². The van der Waals surface area contributed by atoms with E-state index < -0.39 is 12.1 Å². The molecule has 0 aromatic heterocycles. The first kappa shape index (κ1) is 13.3. The molecule has 1 aliphatic carbocycles. The second kappa shape index (κ2) is 5.05. The zero-order chi connectivity index (χ0) is 12.3. The van der Waals surface area contributed by atoms with E-state index in [9.17, 15) is 13.2 Å². The predicted octanol–water partition coefficient (Wildman–Crippen LogP) is 2.86. The van der Waals surface area contributed by atoms with E-state index in [-0.39, 0.29) is 24.8 Å². The standard InChI is InChI=1S/C11H18F3N2/c1-15-7-8-4-5-9(11(12,13)14)6-10(8)16(2)3/h8-10H,4-6H2,1-3H3/q+1/t8?,9-,10-/m0/s1. The van der Waals surface area contributed by atoms with Gasteiger partial charge in [-0.15, -0.1) is 0 Å². The van der Waals surface area contributed by atoms with Gasteiger partial charge in [-0.05, 0) is 33.4 Å². The second-order valence-electron chi connectivity index (χ2n) is 4.54. The first-order valence-electron chi connectivity index (χ1n) is 5.43. The highest BCUT2D eigenvalue weighted by atomic mass is 19.4. The molecule has 0 aromatic carbocycles. The largest absolute Gasteiger partial charge is 0.391 e. The molecule has 1 fully saturated rings. The third-order valence-electron chi connectivity index (χ3n) is 3.24. The molecule has 0 spiro atoms. The summed E-state index contributed by atoms with van der Waals surface area (Å²) in [6.45, 7) is 0. The number of alkyl halides is 3. The minimum Gasteiger partial charge on any atom is -0.305 e. The van der Waals surface area contributed by atoms with Gasteiger partial charge in [-0.2, -0.15) is 13.2 Å². The zero-order valence-electron chi connectivity index (χ0n) is 9.88. The molecule has 2 nitrogen and oxygen atoms in total. The Morgan fingerprint density at radius 3 is 2.31 bits per heavy atom. The molecule has 1 saturated carbocycles. The van der Waals surface area contributed by atoms with E-state index in [4.69, 9.17) is 0 Å². The van der Waals surface area contributed by atoms with Crippen LogP contribution in [0.15, 0.2) is 0 Å². The fourth-order valence-electron chi connectivity index (χ4n) is 2.33. The molecule has 1 rings (SSSR count). The molecular weight excluding hydrogens is 217 g/mol. The Bertz CT molecular complexity index is 288. The molecule has 0 saturated heterocycles. The Labute approximate surface area is 94.2 Å². The van der Waals surface area contributed by atoms with Crippen LogP contribution in [0.2, 0.25) is 0 Å². The molecular formula is C11H18F3N2+. The van der Waals surface area contributed by atoms with Crippen LogP contribution in [0.3, 0.4) is 0 Å². The molecule has 0 bridgehead atoms. The van der Waals surface area contributed by atoms with E-state index in [0.29, 0.717) is 6.42 Å². The normalized spacial score (nSPS) is 31.1. The summed E-state index contributed by atoms with van der Waals surface area (Å²) in [4.78, 5) is 5.67. The van der Waals surface area contributed by atoms with Crippen LogP contribution in [0.1, 0.15) is 19.3 Å². The predicted molar refractivity (Wildman–Crippen MR) is 57.5 cm³/mol. The summed E-state index contributed by atoms with van der Waals surface area (Å²) in [5.74, 6) is -1.14. The van der Waals surface area contributed by atoms with Crippen molar-refractivity contribution in [3.63, 3.8) is 0 Å². The summed E-state index contributed by atoms with van der Waals surface area (Å²) in [6, 6.07) is 2.80. The van der Waals surface area contributed by atoms with Crippen LogP contribution in [0.5, 0.6) is 0 Å². The van der Waals surface area contributed by atoms with Gasteiger partial charge in [0.2, 0.25) is 0 Å². The molecule has 0 heterocycles. The summed E-state index contributed by atoms with van der Waals surface area (Å²) in [5.41, 5.74) is 0. The highest BCUT2D eigenvalue weighted by molar-refractivity contribution is 5.02. The van der Waals surface area contributed by atoms with E-state index in [1.54, 1.807) is 7.05 Å². The van der Waals surface area contributed by atoms with Gasteiger partial charge in [-0.25, -0.2) is 0 Å². The Hall–Kier alpha value is -0.760. The van der Waals surface area contributed by atoms with Crippen molar-refractivity contribution >= 4 is 0 Å². The van der Waals surface area contributed by atoms with Crippen molar-refractivity contribution in [1.82, 2.24) is 4.90 Å². The van der Waals surface area contributed by atoms with Crippen molar-refractivity contribution in [2.24, 2.45) is 11.8 Å². The monoisotopic (exact) mass is 235 g/mol. The first-order chi connectivity index (χ1) is 7.36. The maximum Gasteiger partial charge on any atom is 0.391 e. The smallest absolute Gasteiger partial charge is 0.305 e. The van der Waals surface area contributed by atoms with Crippen LogP contribution in [-0.4, -0.2) is 38.3 Å². The first-order valence-corrected chi connectivity index (χ1v) is 5.43. The van der Waals surface area contributed by atoms with Crippen LogP contribution in [0.25, 0.3) is 4.85 Å². The van der Waals surface area contributed by atoms with Crippen molar-refractivity contribution < 1.29 is 13.2 Å². The molecule has 0 aliphatic heterocycles. The van der Waals surface area contributed by atoms with E-state index in [1.807, 2.05) is 19.0 Å². The molecule has 3 atom stereocenters. The molecule has 0 amide bonds. The summed E-state index contributed by atoms with van der Waals surface area (Å²) in [6.07, 6.45) is -3.20. The van der Waals surface area contributed by atoms with Gasteiger partial charge in [-0.3, -0.25) is 0 Å². The van der Waals surface area contributed by atoms with Crippen LogP contribution in [0, 0.1) is 17.9 Å². The fourth-order valence-corrected chi connectivity index (χ4v) is 2.33. The van der Waals surface area contributed by atoms with E-state index in [0.717, 1.165) is 0 Å². The van der Waals surface area contributed by atoms with Crippen LogP contribution < -0.4 is 0 Å². The van der Waals surface area contributed by atoms with Crippen molar-refractivity contribution in [2.75, 3.05) is 21.1 Å². The highest BCUT2D eigenvalue weighted by Gasteiger charge is 2.46. The fraction of sp³-hybridized carbons (Fsp3) is 0.909. The lowest BCUT2D eigenvalue weighted by molar-refractivity contribution is -0.187. The van der Waals surface area contributed by atoms with Gasteiger partial charge in [0.05, 0.1) is 5.92 Å². The third-order valence-corrected chi connectivity index (χ3v) is 3.24. The number of hydrogen-bond donors (Lipinski definition) is 0. The molecule has 0 aromatic rings. The van der Waals surface area contributed by atoms with Crippen LogP contribution >= 0.6 is 0 Å². The lowest BCUT2D eigenvalue weighted by Gasteiger charge is -2.36. The maximum atomic E-state index is 12.6. The summed E-state index contributed by atoms with van der Waals surface area (Å²) in [7, 11) is 5.24. The summed E-state index contributed by atoms with van der Waals surface area (Å²) in [5, 5.41) is 0. The van der Waals surface area contributed by atoms with Gasteiger partial charge in [0.1, 0.15) is 5.92 Å². The van der Waals surface area contributed by atoms with Gasteiger partial charge in [0.15, 0.2) is 0 Å². The minimum atomic E-state index is -4.07. The minimum absolute atomic E-state index is 0.0265. The highest BCUT2D eigenvalue weighted by Crippen LogP contribution is 2.40. The second-order valence-corrected chi connectivity index (χ2v) is 4.54. The Morgan fingerprint density at radius 2 is 1.88 bits per heavy atom. The van der Waals surface area contributed by atoms with Crippen LogP contribution in [-0.2, 0) is 0 Å². The maximum absolute atomic E-state index is 12.6. The summed E-state index contributed by atoms with van der Waals surface area (Å²) < 4.78 is 37.9. The SMILES string of the molecule is C[N+]#CC1CC[C@H](C(F)(F)F)C[C@@H]1N(C)C. The lowest BCUT2D eigenvalue weighted by atomic mass is 9.78. The van der Waals surface area contributed by atoms with E-state index in [2.05, 4.69) is 10.9 Å². The van der Waals surface area contributed by atoms with Crippen molar-refractivity contribution in [1.29, 1.82) is 0 Å². The molecule has 16 heavy (non-hydrogen) atoms. The number of rotatable bonds is 1. The Kier molecular flexibility index (Phi) is 4.20. The zero-order valence-corrected chi connectivity index (χ0v) is 9.88. The van der Waals surface area contributed by atoms with E-state index in [1.165, 1.54) is 0 Å². The van der Waals surface area contributed by atoms with Crippen LogP contribution in [0.4, 0.5) is 13.2 Å². The molecule has 1 aliphatic rings. The topological polar surface area (TPSA) is 7.60 Å². The van der Waals surface area contributed by atoms with Gasteiger partial charge in [-0.1, -0.05) is 4.85 Å². The van der Waals surface area contributed by atoms with Gasteiger partial charge in [0, 0.05) is 6.04 Å². The number of halogens is 3.